The van der Waals surface area contributed by atoms with Crippen molar-refractivity contribution in [1.82, 2.24) is 0 Å². The Kier molecular flexibility index (Phi) is 2.77. The van der Waals surface area contributed by atoms with Crippen LogP contribution in [0.5, 0.6) is 0 Å². The van der Waals surface area contributed by atoms with Gasteiger partial charge in [0.1, 0.15) is 0 Å². The first-order valence-electron chi connectivity index (χ1n) is 5.01. The van der Waals surface area contributed by atoms with Gasteiger partial charge >= 0.3 is 0 Å². The number of sulfone groups is 1. The highest BCUT2D eigenvalue weighted by atomic mass is 35.5. The molecule has 0 aliphatic heterocycles. The molecule has 1 saturated carbocycles. The van der Waals surface area contributed by atoms with Crippen molar-refractivity contribution in [2.75, 3.05) is 6.26 Å². The first-order chi connectivity index (χ1) is 7.30. The van der Waals surface area contributed by atoms with Crippen molar-refractivity contribution in [3.05, 3.63) is 28.8 Å². The van der Waals surface area contributed by atoms with Crippen molar-refractivity contribution in [1.29, 1.82) is 0 Å². The van der Waals surface area contributed by atoms with Crippen LogP contribution in [0.3, 0.4) is 0 Å². The third-order valence-corrected chi connectivity index (χ3v) is 4.20. The summed E-state index contributed by atoms with van der Waals surface area (Å²) in [7, 11) is -3.26. The van der Waals surface area contributed by atoms with E-state index in [-0.39, 0.29) is 4.90 Å². The third-order valence-electron chi connectivity index (χ3n) is 2.77. The summed E-state index contributed by atoms with van der Waals surface area (Å²) in [6.07, 6.45) is 2.97. The van der Waals surface area contributed by atoms with E-state index in [2.05, 4.69) is 0 Å². The van der Waals surface area contributed by atoms with E-state index < -0.39 is 15.4 Å². The Morgan fingerprint density at radius 3 is 2.56 bits per heavy atom. The molecule has 0 bridgehead atoms. The lowest BCUT2D eigenvalue weighted by Crippen LogP contribution is -2.14. The van der Waals surface area contributed by atoms with Crippen molar-refractivity contribution in [2.45, 2.75) is 29.8 Å². The van der Waals surface area contributed by atoms with Crippen molar-refractivity contribution >= 4 is 21.4 Å². The molecule has 16 heavy (non-hydrogen) atoms. The molecular weight excluding hydrogens is 248 g/mol. The van der Waals surface area contributed by atoms with E-state index in [0.29, 0.717) is 17.0 Å². The van der Waals surface area contributed by atoms with Gasteiger partial charge in [-0.2, -0.15) is 0 Å². The van der Waals surface area contributed by atoms with Gasteiger partial charge in [-0.05, 0) is 36.6 Å². The second kappa shape index (κ2) is 3.72. The van der Waals surface area contributed by atoms with Crippen molar-refractivity contribution in [2.24, 2.45) is 0 Å². The Bertz CT molecular complexity index is 518. The summed E-state index contributed by atoms with van der Waals surface area (Å²) in [5.41, 5.74) is -0.112. The number of hydrogen-bond acceptors (Lipinski definition) is 3. The smallest absolute Gasteiger partial charge is 0.175 e. The van der Waals surface area contributed by atoms with Crippen LogP contribution >= 0.6 is 11.6 Å². The zero-order valence-electron chi connectivity index (χ0n) is 8.90. The maximum absolute atomic E-state index is 11.5. The maximum atomic E-state index is 11.5. The van der Waals surface area contributed by atoms with Gasteiger partial charge in [0.2, 0.25) is 0 Å². The van der Waals surface area contributed by atoms with Gasteiger partial charge in [-0.15, -0.1) is 0 Å². The largest absolute Gasteiger partial charge is 0.390 e. The molecule has 1 aromatic carbocycles. The number of rotatable bonds is 3. The topological polar surface area (TPSA) is 54.4 Å². The molecule has 1 aliphatic carbocycles. The molecule has 3 nitrogen and oxygen atoms in total. The number of hydrogen-bond donors (Lipinski definition) is 1. The van der Waals surface area contributed by atoms with E-state index in [1.54, 1.807) is 12.1 Å². The molecule has 0 amide bonds. The predicted molar refractivity (Wildman–Crippen MR) is 62.4 cm³/mol. The van der Waals surface area contributed by atoms with Gasteiger partial charge in [-0.1, -0.05) is 11.6 Å². The van der Waals surface area contributed by atoms with Gasteiger partial charge in [0.25, 0.3) is 0 Å². The average molecular weight is 261 g/mol. The van der Waals surface area contributed by atoms with Gasteiger partial charge in [0.15, 0.2) is 9.84 Å². The summed E-state index contributed by atoms with van der Waals surface area (Å²) in [5.74, 6) is 0. The maximum Gasteiger partial charge on any atom is 0.175 e. The molecule has 1 aromatic rings. The van der Waals surface area contributed by atoms with E-state index in [9.17, 15) is 13.5 Å². The molecule has 88 valence electrons. The lowest BCUT2D eigenvalue weighted by molar-refractivity contribution is 0.150. The Morgan fingerprint density at radius 2 is 2.06 bits per heavy atom. The highest BCUT2D eigenvalue weighted by molar-refractivity contribution is 7.90. The summed E-state index contributed by atoms with van der Waals surface area (Å²) < 4.78 is 23.1. The molecular formula is C11H13ClO3S. The zero-order valence-corrected chi connectivity index (χ0v) is 10.5. The Hall–Kier alpha value is -0.580. The number of aliphatic hydroxyl groups is 1. The molecule has 0 unspecified atom stereocenters. The van der Waals surface area contributed by atoms with Crippen LogP contribution in [-0.4, -0.2) is 25.4 Å². The molecule has 0 radical (unpaired) electrons. The fourth-order valence-electron chi connectivity index (χ4n) is 1.72. The minimum Gasteiger partial charge on any atom is -0.390 e. The SMILES string of the molecule is CS(=O)(=O)c1ccc(Cl)cc1CC1(O)CC1. The van der Waals surface area contributed by atoms with E-state index in [1.807, 2.05) is 0 Å². The fourth-order valence-corrected chi connectivity index (χ4v) is 2.84. The third kappa shape index (κ3) is 2.56. The van der Waals surface area contributed by atoms with Crippen LogP contribution in [0.1, 0.15) is 18.4 Å². The van der Waals surface area contributed by atoms with Crippen LogP contribution in [0.15, 0.2) is 23.1 Å². The highest BCUT2D eigenvalue weighted by Crippen LogP contribution is 2.39. The molecule has 2 rings (SSSR count). The standard InChI is InChI=1S/C11H13ClO3S/c1-16(14,15)10-3-2-9(12)6-8(10)7-11(13)4-5-11/h2-3,6,13H,4-5,7H2,1H3. The molecule has 0 saturated heterocycles. The lowest BCUT2D eigenvalue weighted by Gasteiger charge is -2.12. The fraction of sp³-hybridized carbons (Fsp3) is 0.455. The summed E-state index contributed by atoms with van der Waals surface area (Å²) in [4.78, 5) is 0.261. The normalized spacial score (nSPS) is 18.4. The van der Waals surface area contributed by atoms with Crippen LogP contribution in [0.4, 0.5) is 0 Å². The highest BCUT2D eigenvalue weighted by Gasteiger charge is 2.41. The second-order valence-electron chi connectivity index (χ2n) is 4.43. The van der Waals surface area contributed by atoms with Gasteiger partial charge < -0.3 is 5.11 Å². The quantitative estimate of drug-likeness (QED) is 0.902. The molecule has 1 aliphatic rings. The van der Waals surface area contributed by atoms with E-state index in [0.717, 1.165) is 19.1 Å². The van der Waals surface area contributed by atoms with Crippen LogP contribution < -0.4 is 0 Å². The van der Waals surface area contributed by atoms with E-state index >= 15 is 0 Å². The summed E-state index contributed by atoms with van der Waals surface area (Å²) in [6, 6.07) is 4.67. The van der Waals surface area contributed by atoms with Crippen LogP contribution in [0.25, 0.3) is 0 Å². The number of benzene rings is 1. The molecule has 5 heteroatoms. The zero-order chi connectivity index (χ0) is 12.0. The average Bonchev–Trinajstić information content (AvgIpc) is 2.80. The van der Waals surface area contributed by atoms with Gasteiger partial charge in [-0.25, -0.2) is 8.42 Å². The van der Waals surface area contributed by atoms with Gasteiger partial charge in [0.05, 0.1) is 10.5 Å². The van der Waals surface area contributed by atoms with Crippen LogP contribution in [-0.2, 0) is 16.3 Å². The Labute approximate surface area is 100.0 Å². The van der Waals surface area contributed by atoms with E-state index in [1.165, 1.54) is 6.07 Å². The van der Waals surface area contributed by atoms with Crippen molar-refractivity contribution in [3.63, 3.8) is 0 Å². The molecule has 0 heterocycles. The predicted octanol–water partition coefficient (Wildman–Crippen LogP) is 1.81. The molecule has 1 N–H and O–H groups in total. The summed E-state index contributed by atoms with van der Waals surface area (Å²) in [5, 5.41) is 10.3. The van der Waals surface area contributed by atoms with Crippen LogP contribution in [0.2, 0.25) is 5.02 Å². The molecule has 0 spiro atoms. The minimum atomic E-state index is -3.26. The molecule has 0 atom stereocenters. The van der Waals surface area contributed by atoms with Gasteiger partial charge in [0, 0.05) is 17.7 Å². The first kappa shape index (κ1) is 11.9. The Balaban J connectivity index is 2.44. The van der Waals surface area contributed by atoms with Crippen LogP contribution in [0, 0.1) is 0 Å². The summed E-state index contributed by atoms with van der Waals surface area (Å²) >= 11 is 5.84. The molecule has 1 fully saturated rings. The van der Waals surface area contributed by atoms with E-state index in [4.69, 9.17) is 11.6 Å². The summed E-state index contributed by atoms with van der Waals surface area (Å²) in [6.45, 7) is 0. The van der Waals surface area contributed by atoms with Crippen molar-refractivity contribution in [3.8, 4) is 0 Å². The second-order valence-corrected chi connectivity index (χ2v) is 6.85. The Morgan fingerprint density at radius 1 is 1.44 bits per heavy atom. The molecule has 0 aromatic heterocycles. The first-order valence-corrected chi connectivity index (χ1v) is 7.28. The van der Waals surface area contributed by atoms with Gasteiger partial charge in [-0.3, -0.25) is 0 Å². The number of halogens is 1. The lowest BCUT2D eigenvalue weighted by atomic mass is 10.1. The minimum absolute atomic E-state index is 0.261. The monoisotopic (exact) mass is 260 g/mol. The van der Waals surface area contributed by atoms with Crippen molar-refractivity contribution < 1.29 is 13.5 Å².